The molecule has 0 aromatic rings. The summed E-state index contributed by atoms with van der Waals surface area (Å²) in [5, 5.41) is 9.23. The minimum atomic E-state index is 0. The van der Waals surface area contributed by atoms with Crippen LogP contribution in [-0.2, 0) is 0 Å². The van der Waals surface area contributed by atoms with E-state index >= 15 is 0 Å². The first-order valence-electron chi connectivity index (χ1n) is 4.23. The smallest absolute Gasteiger partial charge is 0.395 e. The molecule has 0 aliphatic carbocycles. The van der Waals surface area contributed by atoms with Crippen LogP contribution in [-0.4, -0.2) is 43.1 Å². The van der Waals surface area contributed by atoms with Crippen LogP contribution in [0.15, 0.2) is 0 Å². The van der Waals surface area contributed by atoms with E-state index in [-0.39, 0.29) is 70.3 Å². The largest absolute Gasteiger partial charge is 1.00 e. The second-order valence-corrected chi connectivity index (χ2v) is 3.74. The Morgan fingerprint density at radius 3 is 2.92 bits per heavy atom. The van der Waals surface area contributed by atoms with Crippen molar-refractivity contribution < 1.29 is 63.3 Å². The van der Waals surface area contributed by atoms with Gasteiger partial charge in [0.1, 0.15) is 0 Å². The summed E-state index contributed by atoms with van der Waals surface area (Å²) in [7, 11) is 5.75. The maximum absolute atomic E-state index is 9.23. The monoisotopic (exact) mass is 235 g/mol. The SMILES string of the molecule is [B][C-]1CN2CCCC2(CO)C1.[Rb+]. The van der Waals surface area contributed by atoms with Crippen LogP contribution in [0.1, 0.15) is 19.3 Å². The summed E-state index contributed by atoms with van der Waals surface area (Å²) in [6.45, 7) is 2.29. The third-order valence-corrected chi connectivity index (χ3v) is 2.99. The van der Waals surface area contributed by atoms with E-state index in [0.29, 0.717) is 0 Å². The topological polar surface area (TPSA) is 23.5 Å². The van der Waals surface area contributed by atoms with Crippen LogP contribution in [0.4, 0.5) is 0 Å². The van der Waals surface area contributed by atoms with Gasteiger partial charge in [0, 0.05) is 5.54 Å². The molecule has 1 unspecified atom stereocenters. The standard InChI is InChI=1S/C8H13BNO.Rb/c9-7-4-8(6-11)2-1-3-10(8)5-7;/h11H,1-6H2;/q-1;+1. The molecule has 2 fully saturated rings. The molecule has 4 heteroatoms. The zero-order valence-corrected chi connectivity index (χ0v) is 12.6. The summed E-state index contributed by atoms with van der Waals surface area (Å²) in [5.74, 6) is 1.04. The average Bonchev–Trinajstić information content (AvgIpc) is 2.43. The van der Waals surface area contributed by atoms with E-state index in [1.165, 1.54) is 6.42 Å². The van der Waals surface area contributed by atoms with Crippen molar-refractivity contribution in [3.8, 4) is 0 Å². The fourth-order valence-electron chi connectivity index (χ4n) is 2.40. The van der Waals surface area contributed by atoms with Gasteiger partial charge in [-0.25, -0.2) is 0 Å². The number of fused-ring (bicyclic) bond motifs is 1. The van der Waals surface area contributed by atoms with Gasteiger partial charge in [-0.2, -0.15) is 14.3 Å². The number of hydrogen-bond acceptors (Lipinski definition) is 2. The molecule has 2 nitrogen and oxygen atoms in total. The van der Waals surface area contributed by atoms with Crippen LogP contribution < -0.4 is 58.2 Å². The number of hydrogen-bond donors (Lipinski definition) is 1. The molecular weight excluding hydrogens is 222 g/mol. The quantitative estimate of drug-likeness (QED) is 0.385. The van der Waals surface area contributed by atoms with Crippen LogP contribution in [0.5, 0.6) is 0 Å². The summed E-state index contributed by atoms with van der Waals surface area (Å²) in [6, 6.07) is 0. The van der Waals surface area contributed by atoms with Gasteiger partial charge in [0.25, 0.3) is 0 Å². The van der Waals surface area contributed by atoms with Gasteiger partial charge in [-0.1, -0.05) is 0 Å². The zero-order valence-electron chi connectivity index (χ0n) is 7.71. The maximum Gasteiger partial charge on any atom is 1.00 e. The first kappa shape index (κ1) is 11.9. The minimum absolute atomic E-state index is 0. The Kier molecular flexibility index (Phi) is 4.49. The van der Waals surface area contributed by atoms with Gasteiger partial charge in [-0.15, -0.1) is 6.54 Å². The number of aliphatic hydroxyl groups excluding tert-OH is 1. The van der Waals surface area contributed by atoms with Crippen LogP contribution in [0.2, 0.25) is 0 Å². The fraction of sp³-hybridized carbons (Fsp3) is 0.875. The van der Waals surface area contributed by atoms with Gasteiger partial charge >= 0.3 is 58.2 Å². The summed E-state index contributed by atoms with van der Waals surface area (Å²) in [4.78, 5) is 2.32. The van der Waals surface area contributed by atoms with Crippen molar-refractivity contribution >= 4 is 7.85 Å². The molecule has 0 aromatic carbocycles. The third-order valence-electron chi connectivity index (χ3n) is 2.99. The van der Waals surface area contributed by atoms with E-state index < -0.39 is 0 Å². The molecule has 1 atom stereocenters. The van der Waals surface area contributed by atoms with E-state index in [0.717, 1.165) is 31.7 Å². The predicted molar refractivity (Wildman–Crippen MR) is 44.2 cm³/mol. The fourth-order valence-corrected chi connectivity index (χ4v) is 2.40. The second kappa shape index (κ2) is 4.54. The van der Waals surface area contributed by atoms with Crippen LogP contribution >= 0.6 is 0 Å². The molecule has 1 N–H and O–H groups in total. The molecule has 0 spiro atoms. The first-order valence-corrected chi connectivity index (χ1v) is 4.23. The van der Waals surface area contributed by atoms with E-state index in [1.54, 1.807) is 0 Å². The Balaban J connectivity index is 0.000000720. The molecule has 0 aromatic heterocycles. The molecule has 2 heterocycles. The van der Waals surface area contributed by atoms with Crippen molar-refractivity contribution in [3.63, 3.8) is 0 Å². The molecule has 60 valence electrons. The van der Waals surface area contributed by atoms with Crippen LogP contribution in [0, 0.1) is 5.82 Å². The van der Waals surface area contributed by atoms with Gasteiger partial charge in [0.15, 0.2) is 0 Å². The van der Waals surface area contributed by atoms with Crippen LogP contribution in [0.3, 0.4) is 0 Å². The van der Waals surface area contributed by atoms with Gasteiger partial charge in [-0.05, 0) is 19.4 Å². The average molecular weight is 235 g/mol. The van der Waals surface area contributed by atoms with Gasteiger partial charge in [-0.3, -0.25) is 0 Å². The van der Waals surface area contributed by atoms with Gasteiger partial charge in [0.2, 0.25) is 0 Å². The molecular formula is C8H13BNORb. The molecule has 2 radical (unpaired) electrons. The normalized spacial score (nSPS) is 36.4. The molecule has 2 rings (SSSR count). The van der Waals surface area contributed by atoms with E-state index in [2.05, 4.69) is 4.90 Å². The summed E-state index contributed by atoms with van der Waals surface area (Å²) < 4.78 is 0. The van der Waals surface area contributed by atoms with Gasteiger partial charge in [0.05, 0.1) is 6.61 Å². The summed E-state index contributed by atoms with van der Waals surface area (Å²) in [6.07, 6.45) is 3.24. The molecule has 2 aliphatic rings. The van der Waals surface area contributed by atoms with E-state index in [9.17, 15) is 5.11 Å². The number of nitrogens with zero attached hydrogens (tertiary/aromatic N) is 1. The summed E-state index contributed by atoms with van der Waals surface area (Å²) in [5.41, 5.74) is 0.0457. The Morgan fingerprint density at radius 1 is 1.58 bits per heavy atom. The van der Waals surface area contributed by atoms with E-state index in [1.807, 2.05) is 0 Å². The third kappa shape index (κ3) is 1.91. The maximum atomic E-state index is 9.23. The Morgan fingerprint density at radius 2 is 2.33 bits per heavy atom. The van der Waals surface area contributed by atoms with Crippen molar-refractivity contribution in [2.75, 3.05) is 19.7 Å². The van der Waals surface area contributed by atoms with Gasteiger partial charge < -0.3 is 15.8 Å². The molecule has 2 saturated heterocycles. The molecule has 2 aliphatic heterocycles. The predicted octanol–water partition coefficient (Wildman–Crippen LogP) is -3.08. The molecule has 12 heavy (non-hydrogen) atoms. The number of rotatable bonds is 1. The first-order chi connectivity index (χ1) is 5.27. The van der Waals surface area contributed by atoms with Crippen molar-refractivity contribution in [2.45, 2.75) is 24.8 Å². The van der Waals surface area contributed by atoms with Crippen molar-refractivity contribution in [3.05, 3.63) is 5.82 Å². The molecule has 0 saturated carbocycles. The summed E-state index contributed by atoms with van der Waals surface area (Å²) >= 11 is 0. The van der Waals surface area contributed by atoms with Crippen molar-refractivity contribution in [2.24, 2.45) is 0 Å². The van der Waals surface area contributed by atoms with Crippen molar-refractivity contribution in [1.29, 1.82) is 0 Å². The van der Waals surface area contributed by atoms with E-state index in [4.69, 9.17) is 7.85 Å². The molecule has 0 bridgehead atoms. The van der Waals surface area contributed by atoms with Crippen LogP contribution in [0.25, 0.3) is 0 Å². The minimum Gasteiger partial charge on any atom is -0.395 e. The number of aliphatic hydroxyl groups is 1. The molecule has 0 amide bonds. The zero-order chi connectivity index (χ0) is 7.90. The van der Waals surface area contributed by atoms with Crippen molar-refractivity contribution in [1.82, 2.24) is 4.90 Å². The second-order valence-electron chi connectivity index (χ2n) is 3.74. The Hall–Kier alpha value is 1.79. The Bertz CT molecular complexity index is 169. The Labute approximate surface area is 124 Å².